The van der Waals surface area contributed by atoms with Crippen LogP contribution in [0.2, 0.25) is 0 Å². The van der Waals surface area contributed by atoms with Crippen LogP contribution in [-0.2, 0) is 0 Å². The molecule has 11 heavy (non-hydrogen) atoms. The molecule has 0 bridgehead atoms. The van der Waals surface area contributed by atoms with Crippen LogP contribution in [0.4, 0.5) is 0 Å². The van der Waals surface area contributed by atoms with Gasteiger partial charge in [-0.3, -0.25) is 0 Å². The van der Waals surface area contributed by atoms with Gasteiger partial charge in [0.05, 0.1) is 0 Å². The molecule has 0 heterocycles. The van der Waals surface area contributed by atoms with Crippen molar-refractivity contribution in [3.63, 3.8) is 0 Å². The van der Waals surface area contributed by atoms with E-state index in [0.717, 1.165) is 13.0 Å². The van der Waals surface area contributed by atoms with Gasteiger partial charge >= 0.3 is 0 Å². The quantitative estimate of drug-likeness (QED) is 0.609. The Balaban J connectivity index is 0.000000461. The van der Waals surface area contributed by atoms with Gasteiger partial charge in [0.1, 0.15) is 0 Å². The van der Waals surface area contributed by atoms with E-state index in [9.17, 15) is 0 Å². The zero-order chi connectivity index (χ0) is 8.69. The Hall–Kier alpha value is -0.0800. The van der Waals surface area contributed by atoms with E-state index in [1.807, 2.05) is 0 Å². The van der Waals surface area contributed by atoms with Crippen LogP contribution in [0.3, 0.4) is 0 Å². The zero-order valence-electron chi connectivity index (χ0n) is 7.58. The van der Waals surface area contributed by atoms with Crippen LogP contribution >= 0.6 is 0 Å². The monoisotopic (exact) mass is 160 g/mol. The first-order valence-corrected chi connectivity index (χ1v) is 4.38. The van der Waals surface area contributed by atoms with Crippen molar-refractivity contribution in [1.82, 2.24) is 0 Å². The van der Waals surface area contributed by atoms with Gasteiger partial charge in [-0.1, -0.05) is 19.8 Å². The fourth-order valence-electron chi connectivity index (χ4n) is 1.51. The molecule has 0 aliphatic heterocycles. The topological polar surface area (TPSA) is 40.5 Å². The average Bonchev–Trinajstić information content (AvgIpc) is 2.10. The minimum absolute atomic E-state index is 0.409. The predicted octanol–water partition coefficient (Wildman–Crippen LogP) is 1.41. The fraction of sp³-hybridized carbons (Fsp3) is 1.00. The average molecular weight is 160 g/mol. The van der Waals surface area contributed by atoms with Crippen molar-refractivity contribution in [1.29, 1.82) is 0 Å². The van der Waals surface area contributed by atoms with E-state index in [-0.39, 0.29) is 0 Å². The highest BCUT2D eigenvalue weighted by Gasteiger charge is 2.16. The molecule has 2 N–H and O–H groups in total. The minimum Gasteiger partial charge on any atom is -0.400 e. The summed E-state index contributed by atoms with van der Waals surface area (Å²) in [5, 5.41) is 15.8. The molecule has 1 fully saturated rings. The molecule has 0 saturated heterocycles. The number of aliphatic hydroxyl groups excluding tert-OH is 2. The van der Waals surface area contributed by atoms with E-state index >= 15 is 0 Å². The molecule has 0 radical (unpaired) electrons. The largest absolute Gasteiger partial charge is 0.400 e. The van der Waals surface area contributed by atoms with E-state index in [1.165, 1.54) is 25.7 Å². The second-order valence-electron chi connectivity index (χ2n) is 3.31. The van der Waals surface area contributed by atoms with Gasteiger partial charge in [-0.25, -0.2) is 0 Å². The highest BCUT2D eigenvalue weighted by atomic mass is 16.3. The van der Waals surface area contributed by atoms with Gasteiger partial charge in [-0.15, -0.1) is 0 Å². The maximum absolute atomic E-state index is 8.78. The van der Waals surface area contributed by atoms with Crippen LogP contribution in [0.1, 0.15) is 32.6 Å². The van der Waals surface area contributed by atoms with Gasteiger partial charge in [-0.05, 0) is 24.7 Å². The molecule has 0 aromatic heterocycles. The van der Waals surface area contributed by atoms with Gasteiger partial charge < -0.3 is 10.2 Å². The summed E-state index contributed by atoms with van der Waals surface area (Å²) < 4.78 is 0. The summed E-state index contributed by atoms with van der Waals surface area (Å²) in [5.74, 6) is 1.54. The van der Waals surface area contributed by atoms with E-state index in [1.54, 1.807) is 0 Å². The van der Waals surface area contributed by atoms with Crippen LogP contribution in [0.25, 0.3) is 0 Å². The lowest BCUT2D eigenvalue weighted by Crippen LogP contribution is -2.14. The molecule has 0 atom stereocenters. The summed E-state index contributed by atoms with van der Waals surface area (Å²) >= 11 is 0. The van der Waals surface area contributed by atoms with E-state index in [2.05, 4.69) is 6.92 Å². The molecular formula is C9H20O2. The van der Waals surface area contributed by atoms with E-state index < -0.39 is 0 Å². The lowest BCUT2D eigenvalue weighted by molar-refractivity contribution is 0.172. The Bertz CT molecular complexity index is 75.6. The summed E-state index contributed by atoms with van der Waals surface area (Å²) in [6, 6.07) is 0. The van der Waals surface area contributed by atoms with E-state index in [0.29, 0.717) is 12.5 Å². The van der Waals surface area contributed by atoms with Gasteiger partial charge in [-0.2, -0.15) is 0 Å². The molecule has 68 valence electrons. The molecule has 0 unspecified atom stereocenters. The van der Waals surface area contributed by atoms with Crippen LogP contribution in [0.15, 0.2) is 0 Å². The first-order chi connectivity index (χ1) is 5.33. The zero-order valence-corrected chi connectivity index (χ0v) is 7.58. The Morgan fingerprint density at radius 1 is 1.09 bits per heavy atom. The smallest absolute Gasteiger partial charge is 0.0459 e. The molecule has 0 spiro atoms. The van der Waals surface area contributed by atoms with E-state index in [4.69, 9.17) is 10.2 Å². The van der Waals surface area contributed by atoms with Crippen molar-refractivity contribution in [2.45, 2.75) is 32.6 Å². The van der Waals surface area contributed by atoms with Crippen LogP contribution in [0.5, 0.6) is 0 Å². The van der Waals surface area contributed by atoms with Crippen molar-refractivity contribution in [2.24, 2.45) is 11.8 Å². The fourth-order valence-corrected chi connectivity index (χ4v) is 1.51. The molecule has 2 heteroatoms. The third-order valence-electron chi connectivity index (χ3n) is 2.39. The molecule has 0 amide bonds. The molecule has 1 aliphatic rings. The third-order valence-corrected chi connectivity index (χ3v) is 2.39. The number of hydrogen-bond donors (Lipinski definition) is 2. The maximum Gasteiger partial charge on any atom is 0.0459 e. The number of aliphatic hydroxyl groups is 2. The summed E-state index contributed by atoms with van der Waals surface area (Å²) in [4.78, 5) is 0. The summed E-state index contributed by atoms with van der Waals surface area (Å²) in [6.07, 6.45) is 5.14. The van der Waals surface area contributed by atoms with Crippen molar-refractivity contribution >= 4 is 0 Å². The molecular weight excluding hydrogens is 140 g/mol. The minimum atomic E-state index is 0.409. The maximum atomic E-state index is 8.78. The molecule has 0 aromatic carbocycles. The van der Waals surface area contributed by atoms with Gasteiger partial charge in [0.2, 0.25) is 0 Å². The summed E-state index contributed by atoms with van der Waals surface area (Å²) in [6.45, 7) is 2.71. The molecule has 1 aliphatic carbocycles. The van der Waals surface area contributed by atoms with Crippen molar-refractivity contribution < 1.29 is 10.2 Å². The highest BCUT2D eigenvalue weighted by Crippen LogP contribution is 2.27. The van der Waals surface area contributed by atoms with Crippen LogP contribution < -0.4 is 0 Å². The van der Waals surface area contributed by atoms with Crippen molar-refractivity contribution in [3.05, 3.63) is 0 Å². The normalized spacial score (nSPS) is 30.5. The van der Waals surface area contributed by atoms with Gasteiger partial charge in [0, 0.05) is 13.7 Å². The van der Waals surface area contributed by atoms with Crippen molar-refractivity contribution in [3.8, 4) is 0 Å². The third kappa shape index (κ3) is 4.38. The second-order valence-corrected chi connectivity index (χ2v) is 3.31. The second kappa shape index (κ2) is 6.62. The molecule has 1 rings (SSSR count). The Kier molecular flexibility index (Phi) is 6.57. The summed E-state index contributed by atoms with van der Waals surface area (Å²) in [7, 11) is 1.00. The number of rotatable bonds is 1. The predicted molar refractivity (Wildman–Crippen MR) is 46.4 cm³/mol. The SMILES string of the molecule is CC1CCC(CO)CC1.CO. The molecule has 2 nitrogen and oxygen atoms in total. The van der Waals surface area contributed by atoms with Crippen LogP contribution in [0, 0.1) is 11.8 Å². The Labute approximate surface area is 69.2 Å². The number of hydrogen-bond acceptors (Lipinski definition) is 2. The molecule has 1 saturated carbocycles. The first-order valence-electron chi connectivity index (χ1n) is 4.38. The van der Waals surface area contributed by atoms with Gasteiger partial charge in [0.15, 0.2) is 0 Å². The standard InChI is InChI=1S/C8H16O.CH4O/c1-7-2-4-8(6-9)5-3-7;1-2/h7-9H,2-6H2,1H3;2H,1H3. The lowest BCUT2D eigenvalue weighted by Gasteiger charge is -2.23. The van der Waals surface area contributed by atoms with Crippen LogP contribution in [-0.4, -0.2) is 23.9 Å². The highest BCUT2D eigenvalue weighted by molar-refractivity contribution is 4.68. The Morgan fingerprint density at radius 3 is 1.91 bits per heavy atom. The van der Waals surface area contributed by atoms with Gasteiger partial charge in [0.25, 0.3) is 0 Å². The molecule has 0 aromatic rings. The first kappa shape index (κ1) is 10.9. The lowest BCUT2D eigenvalue weighted by atomic mass is 9.84. The summed E-state index contributed by atoms with van der Waals surface area (Å²) in [5.41, 5.74) is 0. The Morgan fingerprint density at radius 2 is 1.55 bits per heavy atom. The van der Waals surface area contributed by atoms with Crippen molar-refractivity contribution in [2.75, 3.05) is 13.7 Å².